The smallest absolute Gasteiger partial charge is 0.313 e. The van der Waals surface area contributed by atoms with Gasteiger partial charge in [-0.1, -0.05) is 18.7 Å². The number of benzene rings is 1. The van der Waals surface area contributed by atoms with Crippen LogP contribution in [0.25, 0.3) is 11.0 Å². The fourth-order valence-corrected chi connectivity index (χ4v) is 3.86. The molecule has 1 aliphatic rings. The van der Waals surface area contributed by atoms with Gasteiger partial charge in [-0.3, -0.25) is 4.79 Å². The normalized spacial score (nSPS) is 16.9. The molecule has 2 aromatic rings. The molecule has 1 aromatic heterocycles. The van der Waals surface area contributed by atoms with Crippen molar-refractivity contribution in [1.82, 2.24) is 9.55 Å². The number of carbonyl (C=O) groups is 1. The Bertz CT molecular complexity index is 689. The van der Waals surface area contributed by atoms with Crippen LogP contribution in [-0.4, -0.2) is 26.4 Å². The van der Waals surface area contributed by atoms with Crippen LogP contribution < -0.4 is 0 Å². The molecule has 0 atom stereocenters. The highest BCUT2D eigenvalue weighted by molar-refractivity contribution is 7.99. The number of halogens is 1. The number of imidazole rings is 1. The molecule has 1 aromatic carbocycles. The van der Waals surface area contributed by atoms with Gasteiger partial charge in [0.2, 0.25) is 0 Å². The first-order chi connectivity index (χ1) is 10.1. The van der Waals surface area contributed by atoms with Crippen LogP contribution in [0.5, 0.6) is 0 Å². The number of hydrogen-bond acceptors (Lipinski definition) is 3. The lowest BCUT2D eigenvalue weighted by Gasteiger charge is -2.43. The Morgan fingerprint density at radius 3 is 2.86 bits per heavy atom. The maximum atomic E-state index is 13.6. The summed E-state index contributed by atoms with van der Waals surface area (Å²) in [4.78, 5) is 15.4. The van der Waals surface area contributed by atoms with Crippen molar-refractivity contribution in [1.29, 1.82) is 0 Å². The number of carboxylic acids is 1. The summed E-state index contributed by atoms with van der Waals surface area (Å²) < 4.78 is 15.7. The van der Waals surface area contributed by atoms with Gasteiger partial charge in [0.15, 0.2) is 5.16 Å². The van der Waals surface area contributed by atoms with Gasteiger partial charge < -0.3 is 9.67 Å². The highest BCUT2D eigenvalue weighted by atomic mass is 32.2. The Kier molecular flexibility index (Phi) is 3.65. The molecule has 0 aliphatic heterocycles. The molecule has 1 N–H and O–H groups in total. The molecule has 6 heteroatoms. The van der Waals surface area contributed by atoms with Crippen molar-refractivity contribution in [3.63, 3.8) is 0 Å². The molecule has 112 valence electrons. The van der Waals surface area contributed by atoms with Crippen molar-refractivity contribution < 1.29 is 14.3 Å². The zero-order valence-corrected chi connectivity index (χ0v) is 12.6. The van der Waals surface area contributed by atoms with Crippen molar-refractivity contribution in [2.75, 3.05) is 5.75 Å². The average molecular weight is 308 g/mol. The molecule has 0 spiro atoms. The van der Waals surface area contributed by atoms with E-state index in [-0.39, 0.29) is 17.1 Å². The zero-order valence-electron chi connectivity index (χ0n) is 11.8. The maximum absolute atomic E-state index is 13.6. The summed E-state index contributed by atoms with van der Waals surface area (Å²) in [5.74, 6) is -1.20. The molecule has 4 nitrogen and oxygen atoms in total. The molecule has 21 heavy (non-hydrogen) atoms. The van der Waals surface area contributed by atoms with Crippen LogP contribution in [0.1, 0.15) is 32.6 Å². The number of aromatic nitrogens is 2. The summed E-state index contributed by atoms with van der Waals surface area (Å²) in [7, 11) is 0. The Labute approximate surface area is 126 Å². The largest absolute Gasteiger partial charge is 0.481 e. The summed E-state index contributed by atoms with van der Waals surface area (Å²) in [6.45, 7) is 2.12. The van der Waals surface area contributed by atoms with E-state index in [0.29, 0.717) is 5.16 Å². The highest BCUT2D eigenvalue weighted by Crippen LogP contribution is 2.46. The van der Waals surface area contributed by atoms with Gasteiger partial charge in [0.25, 0.3) is 0 Å². The fraction of sp³-hybridized carbons (Fsp3) is 0.467. The van der Waals surface area contributed by atoms with E-state index in [0.717, 1.165) is 36.7 Å². The van der Waals surface area contributed by atoms with E-state index in [4.69, 9.17) is 5.11 Å². The molecule has 1 aliphatic carbocycles. The number of fused-ring (bicyclic) bond motifs is 1. The number of thioether (sulfide) groups is 1. The van der Waals surface area contributed by atoms with Crippen LogP contribution in [0.15, 0.2) is 23.4 Å². The first kappa shape index (κ1) is 14.4. The van der Waals surface area contributed by atoms with Crippen LogP contribution in [-0.2, 0) is 10.3 Å². The molecule has 0 unspecified atom stereocenters. The quantitative estimate of drug-likeness (QED) is 0.857. The van der Waals surface area contributed by atoms with Crippen LogP contribution in [0, 0.1) is 5.82 Å². The summed E-state index contributed by atoms with van der Waals surface area (Å²) in [6, 6.07) is 4.56. The summed E-state index contributed by atoms with van der Waals surface area (Å²) in [5, 5.41) is 9.58. The summed E-state index contributed by atoms with van der Waals surface area (Å²) in [6.07, 6.45) is 4.15. The fourth-order valence-electron chi connectivity index (χ4n) is 3.03. The van der Waals surface area contributed by atoms with E-state index in [9.17, 15) is 9.18 Å². The van der Waals surface area contributed by atoms with Gasteiger partial charge in [-0.2, -0.15) is 0 Å². The molecule has 1 saturated carbocycles. The third-order valence-electron chi connectivity index (χ3n) is 4.33. The van der Waals surface area contributed by atoms with Crippen molar-refractivity contribution in [3.8, 4) is 0 Å². The molecular weight excluding hydrogens is 291 g/mol. The summed E-state index contributed by atoms with van der Waals surface area (Å²) in [5.41, 5.74) is 1.46. The summed E-state index contributed by atoms with van der Waals surface area (Å²) >= 11 is 1.21. The Morgan fingerprint density at radius 2 is 2.29 bits per heavy atom. The minimum Gasteiger partial charge on any atom is -0.481 e. The predicted molar refractivity (Wildman–Crippen MR) is 80.2 cm³/mol. The Morgan fingerprint density at radius 1 is 1.52 bits per heavy atom. The van der Waals surface area contributed by atoms with Crippen LogP contribution in [0.2, 0.25) is 0 Å². The number of carboxylic acid groups (broad SMARTS) is 1. The lowest BCUT2D eigenvalue weighted by atomic mass is 9.74. The van der Waals surface area contributed by atoms with Crippen molar-refractivity contribution in [3.05, 3.63) is 24.0 Å². The first-order valence-corrected chi connectivity index (χ1v) is 8.07. The van der Waals surface area contributed by atoms with E-state index < -0.39 is 5.97 Å². The van der Waals surface area contributed by atoms with Crippen molar-refractivity contribution in [2.24, 2.45) is 0 Å². The average Bonchev–Trinajstić information content (AvgIpc) is 2.75. The predicted octanol–water partition coefficient (Wildman–Crippen LogP) is 3.64. The molecule has 1 fully saturated rings. The third-order valence-corrected chi connectivity index (χ3v) is 5.25. The molecule has 0 saturated heterocycles. The number of nitrogens with zero attached hydrogens (tertiary/aromatic N) is 2. The van der Waals surface area contributed by atoms with E-state index in [2.05, 4.69) is 16.5 Å². The third kappa shape index (κ3) is 2.41. The van der Waals surface area contributed by atoms with Crippen molar-refractivity contribution >= 4 is 28.8 Å². The number of aliphatic carboxylic acids is 1. The van der Waals surface area contributed by atoms with Gasteiger partial charge in [-0.25, -0.2) is 9.37 Å². The zero-order chi connectivity index (χ0) is 15.0. The molecule has 0 amide bonds. The molecule has 0 bridgehead atoms. The van der Waals surface area contributed by atoms with Crippen LogP contribution in [0.3, 0.4) is 0 Å². The van der Waals surface area contributed by atoms with Crippen LogP contribution >= 0.6 is 11.8 Å². The number of rotatable bonds is 5. The standard InChI is InChI=1S/C15H17FN2O2S/c1-2-15(6-3-7-15)18-12-8-10(16)4-5-11(12)17-14(18)21-9-13(19)20/h4-5,8H,2-3,6-7,9H2,1H3,(H,19,20). The second-order valence-electron chi connectivity index (χ2n) is 5.48. The van der Waals surface area contributed by atoms with Gasteiger partial charge in [-0.15, -0.1) is 0 Å². The van der Waals surface area contributed by atoms with Gasteiger partial charge >= 0.3 is 5.97 Å². The Hall–Kier alpha value is -1.56. The van der Waals surface area contributed by atoms with E-state index in [1.165, 1.54) is 23.9 Å². The Balaban J connectivity index is 2.14. The molecule has 3 rings (SSSR count). The number of hydrogen-bond donors (Lipinski definition) is 1. The lowest BCUT2D eigenvalue weighted by Crippen LogP contribution is -2.40. The van der Waals surface area contributed by atoms with Gasteiger partial charge in [-0.05, 0) is 43.9 Å². The first-order valence-electron chi connectivity index (χ1n) is 7.09. The van der Waals surface area contributed by atoms with Gasteiger partial charge in [0.1, 0.15) is 5.82 Å². The minimum absolute atomic E-state index is 0.0361. The second kappa shape index (κ2) is 5.33. The molecule has 1 heterocycles. The maximum Gasteiger partial charge on any atom is 0.313 e. The van der Waals surface area contributed by atoms with E-state index >= 15 is 0 Å². The second-order valence-corrected chi connectivity index (χ2v) is 6.42. The highest BCUT2D eigenvalue weighted by Gasteiger charge is 2.39. The van der Waals surface area contributed by atoms with Gasteiger partial charge in [0, 0.05) is 5.54 Å². The van der Waals surface area contributed by atoms with Gasteiger partial charge in [0.05, 0.1) is 16.8 Å². The SMILES string of the molecule is CCC1(n2c(SCC(=O)O)nc3ccc(F)cc32)CCC1. The minimum atomic E-state index is -0.871. The molecular formula is C15H17FN2O2S. The molecule has 0 radical (unpaired) electrons. The van der Waals surface area contributed by atoms with Crippen molar-refractivity contribution in [2.45, 2.75) is 43.3 Å². The van der Waals surface area contributed by atoms with E-state index in [1.54, 1.807) is 6.07 Å². The lowest BCUT2D eigenvalue weighted by molar-refractivity contribution is -0.133. The van der Waals surface area contributed by atoms with Crippen LogP contribution in [0.4, 0.5) is 4.39 Å². The van der Waals surface area contributed by atoms with E-state index in [1.807, 2.05) is 0 Å². The monoisotopic (exact) mass is 308 g/mol. The topological polar surface area (TPSA) is 55.1 Å².